The molecule has 1 heteroatoms. The standard InChI is InChI=1S/C12H22O/c1-4-12(8-10(2)3)7-5-6-11(13)9-12/h10H,4-9H2,1-3H3/t12-/m1/s1. The lowest BCUT2D eigenvalue weighted by Crippen LogP contribution is -2.29. The molecule has 0 spiro atoms. The van der Waals surface area contributed by atoms with Gasteiger partial charge in [-0.2, -0.15) is 0 Å². The molecule has 0 N–H and O–H groups in total. The number of carbonyl (C=O) groups is 1. The monoisotopic (exact) mass is 182 g/mol. The lowest BCUT2D eigenvalue weighted by Gasteiger charge is -2.37. The number of hydrogen-bond donors (Lipinski definition) is 0. The highest BCUT2D eigenvalue weighted by Gasteiger charge is 2.34. The molecule has 0 aromatic rings. The van der Waals surface area contributed by atoms with E-state index in [2.05, 4.69) is 20.8 Å². The van der Waals surface area contributed by atoms with Gasteiger partial charge in [-0.05, 0) is 30.6 Å². The van der Waals surface area contributed by atoms with E-state index in [0.29, 0.717) is 11.2 Å². The van der Waals surface area contributed by atoms with Gasteiger partial charge in [0.05, 0.1) is 0 Å². The number of rotatable bonds is 3. The Bertz CT molecular complexity index is 184. The molecule has 1 rings (SSSR count). The normalized spacial score (nSPS) is 29.7. The zero-order valence-electron chi connectivity index (χ0n) is 9.23. The van der Waals surface area contributed by atoms with Crippen LogP contribution in [0.2, 0.25) is 0 Å². The smallest absolute Gasteiger partial charge is 0.133 e. The summed E-state index contributed by atoms with van der Waals surface area (Å²) in [6.45, 7) is 6.76. The van der Waals surface area contributed by atoms with Crippen LogP contribution < -0.4 is 0 Å². The van der Waals surface area contributed by atoms with Gasteiger partial charge < -0.3 is 0 Å². The third-order valence-electron chi connectivity index (χ3n) is 3.33. The van der Waals surface area contributed by atoms with Gasteiger partial charge in [0.25, 0.3) is 0 Å². The fraction of sp³-hybridized carbons (Fsp3) is 0.917. The Morgan fingerprint density at radius 3 is 2.62 bits per heavy atom. The van der Waals surface area contributed by atoms with Gasteiger partial charge in [0.15, 0.2) is 0 Å². The minimum Gasteiger partial charge on any atom is -0.300 e. The predicted molar refractivity (Wildman–Crippen MR) is 55.7 cm³/mol. The zero-order chi connectivity index (χ0) is 9.90. The van der Waals surface area contributed by atoms with Crippen molar-refractivity contribution in [2.75, 3.05) is 0 Å². The Balaban J connectivity index is 2.61. The van der Waals surface area contributed by atoms with Gasteiger partial charge in [0, 0.05) is 12.8 Å². The third kappa shape index (κ3) is 2.82. The van der Waals surface area contributed by atoms with E-state index >= 15 is 0 Å². The number of ketones is 1. The molecule has 1 atom stereocenters. The Labute approximate surface area is 81.9 Å². The van der Waals surface area contributed by atoms with Crippen molar-refractivity contribution in [1.29, 1.82) is 0 Å². The Morgan fingerprint density at radius 2 is 2.15 bits per heavy atom. The molecule has 1 aliphatic rings. The summed E-state index contributed by atoms with van der Waals surface area (Å²) < 4.78 is 0. The van der Waals surface area contributed by atoms with Crippen molar-refractivity contribution in [2.24, 2.45) is 11.3 Å². The van der Waals surface area contributed by atoms with Crippen LogP contribution in [0.5, 0.6) is 0 Å². The molecule has 0 radical (unpaired) electrons. The summed E-state index contributed by atoms with van der Waals surface area (Å²) in [5.74, 6) is 1.22. The van der Waals surface area contributed by atoms with Crippen LogP contribution >= 0.6 is 0 Å². The predicted octanol–water partition coefficient (Wildman–Crippen LogP) is 3.57. The highest BCUT2D eigenvalue weighted by atomic mass is 16.1. The molecule has 0 heterocycles. The number of hydrogen-bond acceptors (Lipinski definition) is 1. The van der Waals surface area contributed by atoms with Gasteiger partial charge in [0.2, 0.25) is 0 Å². The third-order valence-corrected chi connectivity index (χ3v) is 3.33. The SMILES string of the molecule is CC[C@]1(CC(C)C)CCCC(=O)C1. The summed E-state index contributed by atoms with van der Waals surface area (Å²) in [6, 6.07) is 0. The molecular formula is C12H22O. The topological polar surface area (TPSA) is 17.1 Å². The molecule has 0 unspecified atom stereocenters. The Kier molecular flexibility index (Phi) is 3.52. The maximum Gasteiger partial charge on any atom is 0.133 e. The first-order valence-electron chi connectivity index (χ1n) is 5.60. The molecule has 0 aliphatic heterocycles. The summed E-state index contributed by atoms with van der Waals surface area (Å²) in [5.41, 5.74) is 0.365. The Morgan fingerprint density at radius 1 is 1.46 bits per heavy atom. The zero-order valence-corrected chi connectivity index (χ0v) is 9.23. The first kappa shape index (κ1) is 10.7. The lowest BCUT2D eigenvalue weighted by molar-refractivity contribution is -0.124. The largest absolute Gasteiger partial charge is 0.300 e. The first-order valence-corrected chi connectivity index (χ1v) is 5.60. The van der Waals surface area contributed by atoms with E-state index in [0.717, 1.165) is 25.2 Å². The highest BCUT2D eigenvalue weighted by molar-refractivity contribution is 5.79. The van der Waals surface area contributed by atoms with Crippen molar-refractivity contribution in [3.63, 3.8) is 0 Å². The molecule has 13 heavy (non-hydrogen) atoms. The molecule has 0 amide bonds. The van der Waals surface area contributed by atoms with Crippen molar-refractivity contribution in [2.45, 2.75) is 59.3 Å². The minimum atomic E-state index is 0.365. The average molecular weight is 182 g/mol. The maximum absolute atomic E-state index is 11.4. The van der Waals surface area contributed by atoms with E-state index in [1.807, 2.05) is 0 Å². The minimum absolute atomic E-state index is 0.365. The summed E-state index contributed by atoms with van der Waals surface area (Å²) in [5, 5.41) is 0. The molecule has 0 aromatic heterocycles. The maximum atomic E-state index is 11.4. The molecular weight excluding hydrogens is 160 g/mol. The summed E-state index contributed by atoms with van der Waals surface area (Å²) in [6.07, 6.45) is 6.49. The van der Waals surface area contributed by atoms with Crippen molar-refractivity contribution >= 4 is 5.78 Å². The molecule has 1 aliphatic carbocycles. The van der Waals surface area contributed by atoms with Crippen molar-refractivity contribution < 1.29 is 4.79 Å². The van der Waals surface area contributed by atoms with Crippen molar-refractivity contribution in [3.05, 3.63) is 0 Å². The summed E-state index contributed by atoms with van der Waals surface area (Å²) >= 11 is 0. The van der Waals surface area contributed by atoms with Crippen LogP contribution in [-0.4, -0.2) is 5.78 Å². The van der Waals surface area contributed by atoms with Crippen LogP contribution in [0.15, 0.2) is 0 Å². The van der Waals surface area contributed by atoms with Gasteiger partial charge in [0.1, 0.15) is 5.78 Å². The number of carbonyl (C=O) groups excluding carboxylic acids is 1. The van der Waals surface area contributed by atoms with Crippen LogP contribution in [0.4, 0.5) is 0 Å². The molecule has 0 bridgehead atoms. The van der Waals surface area contributed by atoms with Crippen LogP contribution in [0.1, 0.15) is 59.3 Å². The van der Waals surface area contributed by atoms with Crippen LogP contribution in [-0.2, 0) is 4.79 Å². The van der Waals surface area contributed by atoms with Crippen LogP contribution in [0.25, 0.3) is 0 Å². The van der Waals surface area contributed by atoms with Gasteiger partial charge in [-0.25, -0.2) is 0 Å². The second kappa shape index (κ2) is 4.26. The van der Waals surface area contributed by atoms with Gasteiger partial charge in [-0.3, -0.25) is 4.79 Å². The van der Waals surface area contributed by atoms with Crippen molar-refractivity contribution in [1.82, 2.24) is 0 Å². The van der Waals surface area contributed by atoms with E-state index in [9.17, 15) is 4.79 Å². The second-order valence-electron chi connectivity index (χ2n) is 5.02. The average Bonchev–Trinajstić information content (AvgIpc) is 2.03. The van der Waals surface area contributed by atoms with Gasteiger partial charge >= 0.3 is 0 Å². The summed E-state index contributed by atoms with van der Waals surface area (Å²) in [7, 11) is 0. The lowest BCUT2D eigenvalue weighted by atomic mass is 9.67. The molecule has 0 saturated heterocycles. The highest BCUT2D eigenvalue weighted by Crippen LogP contribution is 2.42. The fourth-order valence-corrected chi connectivity index (χ4v) is 2.74. The van der Waals surface area contributed by atoms with Crippen molar-refractivity contribution in [3.8, 4) is 0 Å². The Hall–Kier alpha value is -0.330. The quantitative estimate of drug-likeness (QED) is 0.652. The molecule has 0 aromatic carbocycles. The van der Waals surface area contributed by atoms with E-state index < -0.39 is 0 Å². The first-order chi connectivity index (χ1) is 6.08. The van der Waals surface area contributed by atoms with E-state index in [4.69, 9.17) is 0 Å². The van der Waals surface area contributed by atoms with Crippen LogP contribution in [0.3, 0.4) is 0 Å². The fourth-order valence-electron chi connectivity index (χ4n) is 2.74. The van der Waals surface area contributed by atoms with E-state index in [1.165, 1.54) is 19.3 Å². The van der Waals surface area contributed by atoms with E-state index in [-0.39, 0.29) is 0 Å². The molecule has 1 saturated carbocycles. The molecule has 1 fully saturated rings. The second-order valence-corrected chi connectivity index (χ2v) is 5.02. The van der Waals surface area contributed by atoms with Gasteiger partial charge in [-0.1, -0.05) is 27.2 Å². The molecule has 1 nitrogen and oxygen atoms in total. The van der Waals surface area contributed by atoms with Gasteiger partial charge in [-0.15, -0.1) is 0 Å². The summed E-state index contributed by atoms with van der Waals surface area (Å²) in [4.78, 5) is 11.4. The van der Waals surface area contributed by atoms with Crippen LogP contribution in [0, 0.1) is 11.3 Å². The molecule has 76 valence electrons. The van der Waals surface area contributed by atoms with E-state index in [1.54, 1.807) is 0 Å². The number of Topliss-reactive ketones (excluding diaryl/α,β-unsaturated/α-hetero) is 1.